The van der Waals surface area contributed by atoms with E-state index in [1.807, 2.05) is 20.8 Å². The Morgan fingerprint density at radius 3 is 2.71 bits per heavy atom. The van der Waals surface area contributed by atoms with Gasteiger partial charge in [0.15, 0.2) is 0 Å². The van der Waals surface area contributed by atoms with Gasteiger partial charge < -0.3 is 24.4 Å². The van der Waals surface area contributed by atoms with Crippen molar-refractivity contribution in [1.82, 2.24) is 10.2 Å². The number of likely N-dealkylation sites (tertiary alicyclic amines) is 1. The zero-order valence-electron chi connectivity index (χ0n) is 18.6. The van der Waals surface area contributed by atoms with Gasteiger partial charge in [0.1, 0.15) is 11.4 Å². The summed E-state index contributed by atoms with van der Waals surface area (Å²) in [7, 11) is 0. The highest BCUT2D eigenvalue weighted by Crippen LogP contribution is 2.34. The van der Waals surface area contributed by atoms with Gasteiger partial charge in [-0.25, -0.2) is 14.0 Å². The van der Waals surface area contributed by atoms with Crippen molar-refractivity contribution >= 4 is 23.8 Å². The highest BCUT2D eigenvalue weighted by atomic mass is 35.5. The van der Waals surface area contributed by atoms with Crippen LogP contribution in [0.15, 0.2) is 18.2 Å². The Labute approximate surface area is 188 Å². The molecule has 0 spiro atoms. The number of piperidine rings is 1. The predicted molar refractivity (Wildman–Crippen MR) is 116 cm³/mol. The standard InChI is InChI=1S/C22H32ClFN2O5/c1-5-29-20(27)25-8-10-30-19(16-11-17(23)13-18(24)12-16)15-7-6-9-26(14-15)21(28)31-22(2,3)4/h11-13,15,19H,5-10,14H2,1-4H3,(H,25,27)/t15?,19-/m1/s1. The monoisotopic (exact) mass is 458 g/mol. The lowest BCUT2D eigenvalue weighted by Gasteiger charge is -2.37. The van der Waals surface area contributed by atoms with E-state index in [2.05, 4.69) is 5.32 Å². The van der Waals surface area contributed by atoms with Crippen molar-refractivity contribution in [2.75, 3.05) is 32.8 Å². The predicted octanol–water partition coefficient (Wildman–Crippen LogP) is 4.93. The number of halogens is 2. The van der Waals surface area contributed by atoms with Gasteiger partial charge in [0.25, 0.3) is 0 Å². The van der Waals surface area contributed by atoms with Crippen LogP contribution in [0.2, 0.25) is 5.02 Å². The lowest BCUT2D eigenvalue weighted by molar-refractivity contribution is -0.0247. The Kier molecular flexibility index (Phi) is 9.37. The molecule has 0 bridgehead atoms. The molecule has 0 saturated carbocycles. The summed E-state index contributed by atoms with van der Waals surface area (Å²) >= 11 is 6.07. The van der Waals surface area contributed by atoms with E-state index in [1.54, 1.807) is 17.9 Å². The molecule has 1 saturated heterocycles. The number of ether oxygens (including phenoxy) is 3. The van der Waals surface area contributed by atoms with Gasteiger partial charge in [0.05, 0.1) is 19.3 Å². The molecule has 2 rings (SSSR count). The summed E-state index contributed by atoms with van der Waals surface area (Å²) in [6.07, 6.45) is 0.168. The third-order valence-electron chi connectivity index (χ3n) is 4.70. The van der Waals surface area contributed by atoms with Crippen molar-refractivity contribution in [2.24, 2.45) is 5.92 Å². The molecule has 1 aromatic carbocycles. The normalized spacial score (nSPS) is 17.7. The molecule has 31 heavy (non-hydrogen) atoms. The van der Waals surface area contributed by atoms with E-state index in [0.29, 0.717) is 18.7 Å². The third kappa shape index (κ3) is 8.53. The number of alkyl carbamates (subject to hydrolysis) is 1. The van der Waals surface area contributed by atoms with Crippen LogP contribution in [0.1, 0.15) is 52.2 Å². The third-order valence-corrected chi connectivity index (χ3v) is 4.91. The molecule has 1 heterocycles. The first kappa shape index (κ1) is 25.2. The average Bonchev–Trinajstić information content (AvgIpc) is 2.66. The quantitative estimate of drug-likeness (QED) is 0.586. The fraction of sp³-hybridized carbons (Fsp3) is 0.636. The lowest BCUT2D eigenvalue weighted by atomic mass is 9.88. The van der Waals surface area contributed by atoms with Gasteiger partial charge in [-0.2, -0.15) is 0 Å². The molecule has 1 unspecified atom stereocenters. The number of carbonyl (C=O) groups excluding carboxylic acids is 2. The Hall–Kier alpha value is -2.06. The number of hydrogen-bond acceptors (Lipinski definition) is 5. The lowest BCUT2D eigenvalue weighted by Crippen LogP contribution is -2.44. The van der Waals surface area contributed by atoms with Crippen molar-refractivity contribution in [2.45, 2.75) is 52.2 Å². The van der Waals surface area contributed by atoms with Crippen LogP contribution in [0.25, 0.3) is 0 Å². The number of hydrogen-bond donors (Lipinski definition) is 1. The van der Waals surface area contributed by atoms with Crippen molar-refractivity contribution in [3.63, 3.8) is 0 Å². The highest BCUT2D eigenvalue weighted by Gasteiger charge is 2.33. The van der Waals surface area contributed by atoms with E-state index in [-0.39, 0.29) is 36.8 Å². The number of nitrogens with one attached hydrogen (secondary N) is 1. The van der Waals surface area contributed by atoms with Crippen LogP contribution in [-0.2, 0) is 14.2 Å². The van der Waals surface area contributed by atoms with Crippen molar-refractivity contribution in [1.29, 1.82) is 0 Å². The number of nitrogens with zero attached hydrogens (tertiary/aromatic N) is 1. The van der Waals surface area contributed by atoms with Gasteiger partial charge in [-0.3, -0.25) is 0 Å². The maximum atomic E-state index is 14.0. The number of rotatable bonds is 7. The topological polar surface area (TPSA) is 77.1 Å². The van der Waals surface area contributed by atoms with Crippen molar-refractivity contribution in [3.05, 3.63) is 34.6 Å². The first-order valence-corrected chi connectivity index (χ1v) is 10.9. The first-order chi connectivity index (χ1) is 14.6. The average molecular weight is 459 g/mol. The molecule has 1 N–H and O–H groups in total. The van der Waals surface area contributed by atoms with Gasteiger partial charge in [0, 0.05) is 30.6 Å². The van der Waals surface area contributed by atoms with Crippen molar-refractivity contribution in [3.8, 4) is 0 Å². The number of amides is 2. The summed E-state index contributed by atoms with van der Waals surface area (Å²) < 4.78 is 30.4. The van der Waals surface area contributed by atoms with Crippen LogP contribution >= 0.6 is 11.6 Å². The molecule has 1 aliphatic heterocycles. The van der Waals surface area contributed by atoms with E-state index in [4.69, 9.17) is 25.8 Å². The number of benzene rings is 1. The molecule has 1 aromatic rings. The minimum absolute atomic E-state index is 0.0817. The minimum atomic E-state index is -0.589. The Morgan fingerprint density at radius 2 is 2.06 bits per heavy atom. The molecular formula is C22H32ClFN2O5. The summed E-state index contributed by atoms with van der Waals surface area (Å²) in [5, 5.41) is 2.87. The van der Waals surface area contributed by atoms with Crippen LogP contribution < -0.4 is 5.32 Å². The first-order valence-electron chi connectivity index (χ1n) is 10.5. The Balaban J connectivity index is 2.11. The fourth-order valence-electron chi connectivity index (χ4n) is 3.51. The van der Waals surface area contributed by atoms with Crippen LogP contribution in [0.3, 0.4) is 0 Å². The van der Waals surface area contributed by atoms with Crippen LogP contribution in [0.5, 0.6) is 0 Å². The van der Waals surface area contributed by atoms with E-state index < -0.39 is 23.6 Å². The summed E-state index contributed by atoms with van der Waals surface area (Å²) in [5.74, 6) is -0.540. The van der Waals surface area contributed by atoms with Crippen molar-refractivity contribution < 1.29 is 28.2 Å². The van der Waals surface area contributed by atoms with E-state index in [9.17, 15) is 14.0 Å². The van der Waals surface area contributed by atoms with Gasteiger partial charge in [-0.1, -0.05) is 11.6 Å². The Morgan fingerprint density at radius 1 is 1.32 bits per heavy atom. The maximum absolute atomic E-state index is 14.0. The summed E-state index contributed by atoms with van der Waals surface area (Å²) in [6.45, 7) is 8.91. The largest absolute Gasteiger partial charge is 0.450 e. The van der Waals surface area contributed by atoms with Crippen LogP contribution in [-0.4, -0.2) is 55.5 Å². The van der Waals surface area contributed by atoms with Crippen LogP contribution in [0.4, 0.5) is 14.0 Å². The molecule has 2 atom stereocenters. The molecule has 0 aromatic heterocycles. The zero-order chi connectivity index (χ0) is 23.0. The Bertz CT molecular complexity index is 736. The molecule has 7 nitrogen and oxygen atoms in total. The summed E-state index contributed by atoms with van der Waals surface area (Å²) in [4.78, 5) is 25.7. The smallest absolute Gasteiger partial charge is 0.410 e. The second-order valence-corrected chi connectivity index (χ2v) is 8.91. The molecule has 2 amide bonds. The second-order valence-electron chi connectivity index (χ2n) is 8.47. The molecule has 1 aliphatic rings. The molecular weight excluding hydrogens is 427 g/mol. The molecule has 9 heteroatoms. The summed E-state index contributed by atoms with van der Waals surface area (Å²) in [5.41, 5.74) is 0.00609. The second kappa shape index (κ2) is 11.5. The molecule has 0 radical (unpaired) electrons. The van der Waals surface area contributed by atoms with E-state index >= 15 is 0 Å². The zero-order valence-corrected chi connectivity index (χ0v) is 19.3. The molecule has 0 aliphatic carbocycles. The van der Waals surface area contributed by atoms with E-state index in [1.165, 1.54) is 12.1 Å². The maximum Gasteiger partial charge on any atom is 0.410 e. The van der Waals surface area contributed by atoms with E-state index in [0.717, 1.165) is 12.8 Å². The van der Waals surface area contributed by atoms with Gasteiger partial charge in [-0.05, 0) is 64.3 Å². The number of carbonyl (C=O) groups is 2. The molecule has 174 valence electrons. The minimum Gasteiger partial charge on any atom is -0.450 e. The van der Waals surface area contributed by atoms with Gasteiger partial charge in [-0.15, -0.1) is 0 Å². The summed E-state index contributed by atoms with van der Waals surface area (Å²) in [6, 6.07) is 4.29. The SMILES string of the molecule is CCOC(=O)NCCO[C@@H](c1cc(F)cc(Cl)c1)C1CCCN(C(=O)OC(C)(C)C)C1. The van der Waals surface area contributed by atoms with Crippen LogP contribution in [0, 0.1) is 11.7 Å². The molecule has 1 fully saturated rings. The highest BCUT2D eigenvalue weighted by molar-refractivity contribution is 6.30. The fourth-order valence-corrected chi connectivity index (χ4v) is 3.74. The van der Waals surface area contributed by atoms with Gasteiger partial charge >= 0.3 is 12.2 Å². The van der Waals surface area contributed by atoms with Gasteiger partial charge in [0.2, 0.25) is 0 Å².